The van der Waals surface area contributed by atoms with Gasteiger partial charge in [0.1, 0.15) is 5.75 Å². The molecular formula is C12H10F3N3O. The maximum absolute atomic E-state index is 12.0. The molecule has 100 valence electrons. The zero-order chi connectivity index (χ0) is 14.0. The van der Waals surface area contributed by atoms with Crippen LogP contribution in [0.1, 0.15) is 0 Å². The highest BCUT2D eigenvalue weighted by Gasteiger charge is 2.30. The fraction of sp³-hybridized carbons (Fsp3) is 0.0833. The Morgan fingerprint density at radius 3 is 2.21 bits per heavy atom. The van der Waals surface area contributed by atoms with Crippen molar-refractivity contribution in [2.24, 2.45) is 0 Å². The second-order valence-electron chi connectivity index (χ2n) is 3.76. The summed E-state index contributed by atoms with van der Waals surface area (Å²) < 4.78 is 39.8. The topological polar surface area (TPSA) is 74.2 Å². The maximum atomic E-state index is 12.0. The first-order valence-corrected chi connectivity index (χ1v) is 5.22. The van der Waals surface area contributed by atoms with Crippen LogP contribution in [0.4, 0.5) is 24.5 Å². The van der Waals surface area contributed by atoms with Gasteiger partial charge < -0.3 is 16.2 Å². The van der Waals surface area contributed by atoms with Gasteiger partial charge in [0.05, 0.1) is 17.6 Å². The molecule has 0 radical (unpaired) electrons. The highest BCUT2D eigenvalue weighted by Crippen LogP contribution is 2.31. The van der Waals surface area contributed by atoms with Crippen molar-refractivity contribution in [3.05, 3.63) is 36.7 Å². The zero-order valence-electron chi connectivity index (χ0n) is 9.61. The molecule has 1 heterocycles. The van der Waals surface area contributed by atoms with Gasteiger partial charge in [0.15, 0.2) is 0 Å². The Labute approximate surface area is 106 Å². The van der Waals surface area contributed by atoms with E-state index >= 15 is 0 Å². The lowest BCUT2D eigenvalue weighted by Gasteiger charge is -2.10. The molecule has 1 aromatic heterocycles. The van der Waals surface area contributed by atoms with Crippen LogP contribution < -0.4 is 16.2 Å². The summed E-state index contributed by atoms with van der Waals surface area (Å²) in [5, 5.41) is 0. The first-order chi connectivity index (χ1) is 8.87. The Morgan fingerprint density at radius 2 is 1.63 bits per heavy atom. The summed E-state index contributed by atoms with van der Waals surface area (Å²) in [5.74, 6) is -0.299. The van der Waals surface area contributed by atoms with E-state index in [4.69, 9.17) is 11.5 Å². The Morgan fingerprint density at radius 1 is 1.00 bits per heavy atom. The molecule has 1 aromatic carbocycles. The van der Waals surface area contributed by atoms with Gasteiger partial charge in [-0.2, -0.15) is 0 Å². The van der Waals surface area contributed by atoms with E-state index < -0.39 is 6.36 Å². The summed E-state index contributed by atoms with van der Waals surface area (Å²) in [6.07, 6.45) is -1.81. The summed E-state index contributed by atoms with van der Waals surface area (Å²) in [6, 6.07) is 5.30. The van der Waals surface area contributed by atoms with Crippen LogP contribution >= 0.6 is 0 Å². The van der Waals surface area contributed by atoms with E-state index in [0.29, 0.717) is 22.5 Å². The van der Waals surface area contributed by atoms with E-state index in [9.17, 15) is 13.2 Å². The molecule has 2 rings (SSSR count). The van der Waals surface area contributed by atoms with Gasteiger partial charge >= 0.3 is 6.36 Å². The molecule has 4 nitrogen and oxygen atoms in total. The van der Waals surface area contributed by atoms with E-state index in [1.165, 1.54) is 36.7 Å². The molecule has 0 saturated carbocycles. The smallest absolute Gasteiger partial charge is 0.406 e. The number of nitrogens with two attached hydrogens (primary N) is 2. The molecule has 4 N–H and O–H groups in total. The van der Waals surface area contributed by atoms with Gasteiger partial charge in [-0.15, -0.1) is 13.2 Å². The molecular weight excluding hydrogens is 259 g/mol. The van der Waals surface area contributed by atoms with Gasteiger partial charge in [0, 0.05) is 11.8 Å². The third-order valence-corrected chi connectivity index (χ3v) is 2.42. The molecule has 7 heteroatoms. The Balaban J connectivity index is 2.30. The number of ether oxygens (including phenoxy) is 1. The molecule has 19 heavy (non-hydrogen) atoms. The lowest BCUT2D eigenvalue weighted by atomic mass is 10.1. The molecule has 0 atom stereocenters. The standard InChI is InChI=1S/C12H10F3N3O/c13-12(14,15)19-8-3-1-7(2-4-8)9-5-18-6-10(16)11(9)17/h1-6H,16H2,(H2,17,18). The number of anilines is 2. The monoisotopic (exact) mass is 269 g/mol. The van der Waals surface area contributed by atoms with Gasteiger partial charge in [0.2, 0.25) is 0 Å². The first-order valence-electron chi connectivity index (χ1n) is 5.22. The highest BCUT2D eigenvalue weighted by atomic mass is 19.4. The molecule has 0 spiro atoms. The van der Waals surface area contributed by atoms with E-state index in [-0.39, 0.29) is 5.75 Å². The number of rotatable bonds is 2. The van der Waals surface area contributed by atoms with Crippen LogP contribution in [0.15, 0.2) is 36.7 Å². The Kier molecular flexibility index (Phi) is 3.20. The fourth-order valence-corrected chi connectivity index (χ4v) is 1.55. The van der Waals surface area contributed by atoms with E-state index in [1.807, 2.05) is 0 Å². The minimum atomic E-state index is -4.71. The normalized spacial score (nSPS) is 11.3. The van der Waals surface area contributed by atoms with Crippen molar-refractivity contribution >= 4 is 11.4 Å². The predicted molar refractivity (Wildman–Crippen MR) is 65.2 cm³/mol. The van der Waals surface area contributed by atoms with E-state index in [0.717, 1.165) is 0 Å². The second-order valence-corrected chi connectivity index (χ2v) is 3.76. The lowest BCUT2D eigenvalue weighted by molar-refractivity contribution is -0.274. The number of pyridine rings is 1. The molecule has 0 fully saturated rings. The van der Waals surface area contributed by atoms with Gasteiger partial charge in [-0.25, -0.2) is 0 Å². The van der Waals surface area contributed by atoms with Gasteiger partial charge in [-0.3, -0.25) is 4.98 Å². The largest absolute Gasteiger partial charge is 0.573 e. The molecule has 0 aliphatic rings. The number of benzene rings is 1. The maximum Gasteiger partial charge on any atom is 0.573 e. The minimum Gasteiger partial charge on any atom is -0.406 e. The summed E-state index contributed by atoms with van der Waals surface area (Å²) in [5.41, 5.74) is 13.2. The first kappa shape index (κ1) is 13.0. The fourth-order valence-electron chi connectivity index (χ4n) is 1.55. The summed E-state index contributed by atoms with van der Waals surface area (Å²) in [4.78, 5) is 3.89. The lowest BCUT2D eigenvalue weighted by Crippen LogP contribution is -2.16. The number of nitrogen functional groups attached to an aromatic ring is 2. The van der Waals surface area contributed by atoms with Crippen LogP contribution in [-0.4, -0.2) is 11.3 Å². The number of hydrogen-bond donors (Lipinski definition) is 2. The molecule has 0 amide bonds. The SMILES string of the molecule is Nc1cncc(-c2ccc(OC(F)(F)F)cc2)c1N. The van der Waals surface area contributed by atoms with Crippen LogP contribution in [0.2, 0.25) is 0 Å². The number of nitrogens with zero attached hydrogens (tertiary/aromatic N) is 1. The van der Waals surface area contributed by atoms with Crippen molar-refractivity contribution in [1.82, 2.24) is 4.98 Å². The van der Waals surface area contributed by atoms with Crippen LogP contribution in [0, 0.1) is 0 Å². The van der Waals surface area contributed by atoms with Crippen LogP contribution in [0.3, 0.4) is 0 Å². The molecule has 0 aliphatic heterocycles. The zero-order valence-corrected chi connectivity index (χ0v) is 9.61. The molecule has 0 bridgehead atoms. The summed E-state index contributed by atoms with van der Waals surface area (Å²) in [6.45, 7) is 0. The third kappa shape index (κ3) is 3.06. The number of aromatic nitrogens is 1. The van der Waals surface area contributed by atoms with Crippen molar-refractivity contribution < 1.29 is 17.9 Å². The van der Waals surface area contributed by atoms with Gasteiger partial charge in [0.25, 0.3) is 0 Å². The van der Waals surface area contributed by atoms with Gasteiger partial charge in [-0.1, -0.05) is 12.1 Å². The summed E-state index contributed by atoms with van der Waals surface area (Å²) in [7, 11) is 0. The molecule has 0 saturated heterocycles. The molecule has 2 aromatic rings. The number of halogens is 3. The van der Waals surface area contributed by atoms with Crippen LogP contribution in [-0.2, 0) is 0 Å². The minimum absolute atomic E-state index is 0.299. The third-order valence-electron chi connectivity index (χ3n) is 2.42. The van der Waals surface area contributed by atoms with Crippen molar-refractivity contribution in [3.8, 4) is 16.9 Å². The van der Waals surface area contributed by atoms with Crippen molar-refractivity contribution in [1.29, 1.82) is 0 Å². The van der Waals surface area contributed by atoms with E-state index in [2.05, 4.69) is 9.72 Å². The second kappa shape index (κ2) is 4.68. The van der Waals surface area contributed by atoms with Gasteiger partial charge in [-0.05, 0) is 17.7 Å². The molecule has 0 aliphatic carbocycles. The predicted octanol–water partition coefficient (Wildman–Crippen LogP) is 2.81. The van der Waals surface area contributed by atoms with Crippen LogP contribution in [0.5, 0.6) is 5.75 Å². The van der Waals surface area contributed by atoms with Crippen molar-refractivity contribution in [2.75, 3.05) is 11.5 Å². The average Bonchev–Trinajstić information content (AvgIpc) is 2.32. The highest BCUT2D eigenvalue weighted by molar-refractivity contribution is 5.83. The van der Waals surface area contributed by atoms with Crippen molar-refractivity contribution in [3.63, 3.8) is 0 Å². The van der Waals surface area contributed by atoms with Crippen LogP contribution in [0.25, 0.3) is 11.1 Å². The summed E-state index contributed by atoms with van der Waals surface area (Å²) >= 11 is 0. The average molecular weight is 269 g/mol. The quantitative estimate of drug-likeness (QED) is 0.879. The number of alkyl halides is 3. The van der Waals surface area contributed by atoms with Crippen molar-refractivity contribution in [2.45, 2.75) is 6.36 Å². The Bertz CT molecular complexity index is 582. The molecule has 0 unspecified atom stereocenters. The Hall–Kier alpha value is -2.44. The number of hydrogen-bond acceptors (Lipinski definition) is 4. The van der Waals surface area contributed by atoms with E-state index in [1.54, 1.807) is 0 Å².